The molecule has 0 amide bonds. The Morgan fingerprint density at radius 2 is 1.82 bits per heavy atom. The van der Waals surface area contributed by atoms with Crippen LogP contribution in [0.25, 0.3) is 11.1 Å². The first kappa shape index (κ1) is 20.0. The number of nitrogens with two attached hydrogens (primary N) is 2. The maximum Gasteiger partial charge on any atom is 0.141 e. The van der Waals surface area contributed by atoms with E-state index in [4.69, 9.17) is 16.1 Å². The van der Waals surface area contributed by atoms with Gasteiger partial charge in [0.25, 0.3) is 0 Å². The van der Waals surface area contributed by atoms with Gasteiger partial charge >= 0.3 is 0 Å². The SMILES string of the molecule is Cc1ccc(-c2c(C)noc2C)cc1N(C)c1ccc(N(N)/C=C\N)c(Br)c1. The number of anilines is 3. The first-order valence-electron chi connectivity index (χ1n) is 8.83. The summed E-state index contributed by atoms with van der Waals surface area (Å²) in [5.74, 6) is 6.80. The van der Waals surface area contributed by atoms with Crippen LogP contribution in [0.2, 0.25) is 0 Å². The minimum absolute atomic E-state index is 0.818. The summed E-state index contributed by atoms with van der Waals surface area (Å²) in [6, 6.07) is 12.4. The molecule has 3 aromatic rings. The molecule has 146 valence electrons. The van der Waals surface area contributed by atoms with Crippen molar-refractivity contribution >= 4 is 33.0 Å². The number of halogens is 1. The van der Waals surface area contributed by atoms with E-state index in [2.05, 4.69) is 51.1 Å². The van der Waals surface area contributed by atoms with E-state index < -0.39 is 0 Å². The summed E-state index contributed by atoms with van der Waals surface area (Å²) in [6.07, 6.45) is 3.00. The van der Waals surface area contributed by atoms with Crippen LogP contribution in [-0.2, 0) is 0 Å². The van der Waals surface area contributed by atoms with E-state index in [0.717, 1.165) is 44.1 Å². The van der Waals surface area contributed by atoms with Crippen molar-refractivity contribution in [2.45, 2.75) is 20.8 Å². The molecule has 0 saturated carbocycles. The molecule has 2 aromatic carbocycles. The molecule has 4 N–H and O–H groups in total. The van der Waals surface area contributed by atoms with E-state index in [1.54, 1.807) is 6.20 Å². The lowest BCUT2D eigenvalue weighted by atomic mass is 10.0. The molecule has 0 atom stereocenters. The van der Waals surface area contributed by atoms with Crippen molar-refractivity contribution in [3.8, 4) is 11.1 Å². The highest BCUT2D eigenvalue weighted by Gasteiger charge is 2.15. The molecule has 0 radical (unpaired) electrons. The van der Waals surface area contributed by atoms with E-state index in [1.807, 2.05) is 39.1 Å². The van der Waals surface area contributed by atoms with Gasteiger partial charge in [-0.1, -0.05) is 17.3 Å². The van der Waals surface area contributed by atoms with Crippen LogP contribution in [0.5, 0.6) is 0 Å². The molecule has 0 aliphatic rings. The number of hydrogen-bond acceptors (Lipinski definition) is 6. The molecule has 7 heteroatoms. The number of aromatic nitrogens is 1. The predicted molar refractivity (Wildman–Crippen MR) is 118 cm³/mol. The Labute approximate surface area is 173 Å². The third-order valence-corrected chi connectivity index (χ3v) is 5.37. The topological polar surface area (TPSA) is 84.5 Å². The van der Waals surface area contributed by atoms with Crippen molar-refractivity contribution < 1.29 is 4.52 Å². The highest BCUT2D eigenvalue weighted by Crippen LogP contribution is 2.36. The van der Waals surface area contributed by atoms with Gasteiger partial charge in [-0.2, -0.15) is 0 Å². The van der Waals surface area contributed by atoms with Crippen molar-refractivity contribution in [2.75, 3.05) is 17.0 Å². The molecule has 6 nitrogen and oxygen atoms in total. The summed E-state index contributed by atoms with van der Waals surface area (Å²) in [7, 11) is 2.04. The lowest BCUT2D eigenvalue weighted by Gasteiger charge is -2.24. The average molecular weight is 442 g/mol. The third kappa shape index (κ3) is 3.76. The highest BCUT2D eigenvalue weighted by molar-refractivity contribution is 9.10. The van der Waals surface area contributed by atoms with Crippen molar-refractivity contribution in [1.29, 1.82) is 0 Å². The zero-order valence-electron chi connectivity index (χ0n) is 16.4. The minimum Gasteiger partial charge on any atom is -0.403 e. The van der Waals surface area contributed by atoms with Gasteiger partial charge < -0.3 is 15.2 Å². The smallest absolute Gasteiger partial charge is 0.141 e. The first-order chi connectivity index (χ1) is 13.3. The monoisotopic (exact) mass is 441 g/mol. The van der Waals surface area contributed by atoms with Crippen LogP contribution in [0.15, 0.2) is 57.8 Å². The minimum atomic E-state index is 0.818. The number of aryl methyl sites for hydroxylation is 3. The van der Waals surface area contributed by atoms with E-state index in [-0.39, 0.29) is 0 Å². The molecule has 28 heavy (non-hydrogen) atoms. The van der Waals surface area contributed by atoms with Crippen LogP contribution in [0, 0.1) is 20.8 Å². The van der Waals surface area contributed by atoms with E-state index in [9.17, 15) is 0 Å². The Balaban J connectivity index is 2.00. The van der Waals surface area contributed by atoms with Crippen LogP contribution in [0.3, 0.4) is 0 Å². The predicted octanol–water partition coefficient (Wildman–Crippen LogP) is 4.91. The second-order valence-electron chi connectivity index (χ2n) is 6.64. The van der Waals surface area contributed by atoms with Crippen LogP contribution in [-0.4, -0.2) is 12.2 Å². The summed E-state index contributed by atoms with van der Waals surface area (Å²) in [6.45, 7) is 5.99. The van der Waals surface area contributed by atoms with Crippen molar-refractivity contribution in [2.24, 2.45) is 11.6 Å². The lowest BCUT2D eigenvalue weighted by molar-refractivity contribution is 0.393. The Morgan fingerprint density at radius 3 is 2.43 bits per heavy atom. The van der Waals surface area contributed by atoms with Gasteiger partial charge in [-0.05, 0) is 72.1 Å². The van der Waals surface area contributed by atoms with Gasteiger partial charge in [-0.3, -0.25) is 5.01 Å². The fourth-order valence-corrected chi connectivity index (χ4v) is 3.82. The Hall–Kier alpha value is -2.77. The second-order valence-corrected chi connectivity index (χ2v) is 7.50. The molecule has 0 fully saturated rings. The number of benzene rings is 2. The van der Waals surface area contributed by atoms with Crippen molar-refractivity contribution in [3.63, 3.8) is 0 Å². The Kier molecular flexibility index (Phi) is 5.76. The van der Waals surface area contributed by atoms with Crippen molar-refractivity contribution in [1.82, 2.24) is 5.16 Å². The summed E-state index contributed by atoms with van der Waals surface area (Å²) < 4.78 is 6.21. The Bertz CT molecular complexity index is 1010. The van der Waals surface area contributed by atoms with Crippen LogP contribution in [0.1, 0.15) is 17.0 Å². The molecular weight excluding hydrogens is 418 g/mol. The van der Waals surface area contributed by atoms with Gasteiger partial charge in [0.05, 0.1) is 11.4 Å². The maximum absolute atomic E-state index is 5.98. The number of hydrazine groups is 1. The highest BCUT2D eigenvalue weighted by atomic mass is 79.9. The first-order valence-corrected chi connectivity index (χ1v) is 9.62. The zero-order chi connectivity index (χ0) is 20.4. The van der Waals surface area contributed by atoms with Crippen LogP contribution < -0.4 is 21.5 Å². The molecule has 0 spiro atoms. The van der Waals surface area contributed by atoms with E-state index in [1.165, 1.54) is 16.8 Å². The van der Waals surface area contributed by atoms with Crippen LogP contribution in [0.4, 0.5) is 17.1 Å². The van der Waals surface area contributed by atoms with Gasteiger partial charge in [0.15, 0.2) is 0 Å². The molecule has 0 unspecified atom stereocenters. The average Bonchev–Trinajstić information content (AvgIpc) is 3.00. The molecule has 0 saturated heterocycles. The third-order valence-electron chi connectivity index (χ3n) is 4.74. The zero-order valence-corrected chi connectivity index (χ0v) is 18.0. The molecule has 3 rings (SSSR count). The van der Waals surface area contributed by atoms with Gasteiger partial charge in [0, 0.05) is 40.9 Å². The normalized spacial score (nSPS) is 11.2. The van der Waals surface area contributed by atoms with Gasteiger partial charge in [0.2, 0.25) is 0 Å². The van der Waals surface area contributed by atoms with E-state index >= 15 is 0 Å². The number of hydrogen-bond donors (Lipinski definition) is 2. The number of rotatable bonds is 5. The van der Waals surface area contributed by atoms with Gasteiger partial charge in [0.1, 0.15) is 5.76 Å². The molecule has 0 aliphatic heterocycles. The standard InChI is InChI=1S/C21H24BrN5O/c1-13-5-6-16(21-14(2)25-28-15(21)3)11-20(13)26(4)17-7-8-19(18(22)12-17)27(24)10-9-23/h5-12H,23-24H2,1-4H3/b10-9-. The van der Waals surface area contributed by atoms with Crippen molar-refractivity contribution in [3.05, 3.63) is 70.3 Å². The van der Waals surface area contributed by atoms with Gasteiger partial charge in [-0.15, -0.1) is 0 Å². The van der Waals surface area contributed by atoms with E-state index in [0.29, 0.717) is 0 Å². The Morgan fingerprint density at radius 1 is 1.07 bits per heavy atom. The number of nitrogens with zero attached hydrogens (tertiary/aromatic N) is 3. The quantitative estimate of drug-likeness (QED) is 0.432. The second kappa shape index (κ2) is 8.08. The summed E-state index contributed by atoms with van der Waals surface area (Å²) in [4.78, 5) is 2.14. The molecule has 1 heterocycles. The fourth-order valence-electron chi connectivity index (χ4n) is 3.25. The fraction of sp³-hybridized carbons (Fsp3) is 0.190. The van der Waals surface area contributed by atoms with Crippen LogP contribution >= 0.6 is 15.9 Å². The van der Waals surface area contributed by atoms with Gasteiger partial charge in [-0.25, -0.2) is 5.84 Å². The summed E-state index contributed by atoms with van der Waals surface area (Å²) >= 11 is 3.60. The summed E-state index contributed by atoms with van der Waals surface area (Å²) in [5.41, 5.74) is 12.6. The largest absolute Gasteiger partial charge is 0.403 e. The molecule has 0 aliphatic carbocycles. The molecular formula is C21H24BrN5O. The maximum atomic E-state index is 5.98. The molecule has 1 aromatic heterocycles. The lowest BCUT2D eigenvalue weighted by Crippen LogP contribution is -2.25. The summed E-state index contributed by atoms with van der Waals surface area (Å²) in [5, 5.41) is 5.54. The molecule has 0 bridgehead atoms.